The highest BCUT2D eigenvalue weighted by molar-refractivity contribution is 5.77. The molecule has 0 fully saturated rings. The lowest BCUT2D eigenvalue weighted by molar-refractivity contribution is -0.142. The summed E-state index contributed by atoms with van der Waals surface area (Å²) in [5, 5.41) is 9.71. The average Bonchev–Trinajstić information content (AvgIpc) is 2.60. The number of methoxy groups -OCH3 is 1. The van der Waals surface area contributed by atoms with Gasteiger partial charge in [-0.1, -0.05) is 60.2 Å². The molecule has 122 valence electrons. The normalized spacial score (nSPS) is 13.3. The van der Waals surface area contributed by atoms with Gasteiger partial charge in [-0.25, -0.2) is 0 Å². The summed E-state index contributed by atoms with van der Waals surface area (Å²) < 4.78 is 4.95. The zero-order valence-corrected chi connectivity index (χ0v) is 13.7. The Balaban J connectivity index is 2.10. The van der Waals surface area contributed by atoms with Crippen LogP contribution < -0.4 is 0 Å². The van der Waals surface area contributed by atoms with Gasteiger partial charge in [0.15, 0.2) is 0 Å². The van der Waals surface area contributed by atoms with Crippen molar-refractivity contribution in [3.05, 3.63) is 71.3 Å². The molecule has 0 saturated heterocycles. The minimum absolute atomic E-state index is 0.0338. The van der Waals surface area contributed by atoms with Gasteiger partial charge < -0.3 is 9.84 Å². The van der Waals surface area contributed by atoms with Crippen molar-refractivity contribution in [2.24, 2.45) is 0 Å². The van der Waals surface area contributed by atoms with E-state index in [1.807, 2.05) is 61.5 Å². The lowest BCUT2D eigenvalue weighted by atomic mass is 9.87. The minimum Gasteiger partial charge on any atom is -0.469 e. The van der Waals surface area contributed by atoms with E-state index in [4.69, 9.17) is 4.74 Å². The second-order valence-corrected chi connectivity index (χ2v) is 5.85. The number of aliphatic hydroxyl groups excluding tert-OH is 1. The van der Waals surface area contributed by atoms with E-state index in [-0.39, 0.29) is 24.4 Å². The summed E-state index contributed by atoms with van der Waals surface area (Å²) in [7, 11) is 1.42. The lowest BCUT2D eigenvalue weighted by Gasteiger charge is -2.19. The molecule has 23 heavy (non-hydrogen) atoms. The van der Waals surface area contributed by atoms with Crippen LogP contribution in [0.2, 0.25) is 0 Å². The Bertz CT molecular complexity index is 605. The number of benzene rings is 2. The Kier molecular flexibility index (Phi) is 6.36. The molecular formula is C20H24O3. The standard InChI is InChI=1S/C20H24O3/c1-15-8-10-16(11-9-15)18(14-21)12-13-19(20(22)23-2)17-6-4-3-5-7-17/h3-11,18-19,21H,12-14H2,1-2H3. The second kappa shape index (κ2) is 8.49. The van der Waals surface area contributed by atoms with Gasteiger partial charge in [0.25, 0.3) is 0 Å². The summed E-state index contributed by atoms with van der Waals surface area (Å²) >= 11 is 0. The van der Waals surface area contributed by atoms with Gasteiger partial charge in [0.2, 0.25) is 0 Å². The van der Waals surface area contributed by atoms with Crippen LogP contribution in [0.5, 0.6) is 0 Å². The highest BCUT2D eigenvalue weighted by atomic mass is 16.5. The first-order valence-corrected chi connectivity index (χ1v) is 7.96. The third-order valence-electron chi connectivity index (χ3n) is 4.26. The molecule has 1 N–H and O–H groups in total. The van der Waals surface area contributed by atoms with E-state index >= 15 is 0 Å². The Morgan fingerprint density at radius 2 is 1.65 bits per heavy atom. The molecule has 0 spiro atoms. The van der Waals surface area contributed by atoms with Gasteiger partial charge in [0.1, 0.15) is 0 Å². The summed E-state index contributed by atoms with van der Waals surface area (Å²) in [6, 6.07) is 17.9. The molecule has 0 amide bonds. The average molecular weight is 312 g/mol. The molecule has 0 heterocycles. The first kappa shape index (κ1) is 17.2. The maximum absolute atomic E-state index is 12.1. The maximum atomic E-state index is 12.1. The van der Waals surface area contributed by atoms with E-state index in [2.05, 4.69) is 0 Å². The molecule has 3 heteroatoms. The van der Waals surface area contributed by atoms with Crippen LogP contribution in [0.15, 0.2) is 54.6 Å². The van der Waals surface area contributed by atoms with Crippen LogP contribution in [-0.2, 0) is 9.53 Å². The van der Waals surface area contributed by atoms with Crippen LogP contribution in [0.3, 0.4) is 0 Å². The molecule has 2 atom stereocenters. The van der Waals surface area contributed by atoms with Crippen molar-refractivity contribution in [3.63, 3.8) is 0 Å². The van der Waals surface area contributed by atoms with Crippen molar-refractivity contribution < 1.29 is 14.6 Å². The Labute approximate surface area is 137 Å². The number of carbonyl (C=O) groups excluding carboxylic acids is 1. The van der Waals surface area contributed by atoms with E-state index in [1.54, 1.807) is 0 Å². The lowest BCUT2D eigenvalue weighted by Crippen LogP contribution is -2.16. The molecular weight excluding hydrogens is 288 g/mol. The van der Waals surface area contributed by atoms with E-state index in [0.717, 1.165) is 17.5 Å². The van der Waals surface area contributed by atoms with Gasteiger partial charge in [-0.3, -0.25) is 4.79 Å². The van der Waals surface area contributed by atoms with Crippen molar-refractivity contribution in [1.82, 2.24) is 0 Å². The summed E-state index contributed by atoms with van der Waals surface area (Å²) in [5.74, 6) is -0.482. The molecule has 3 nitrogen and oxygen atoms in total. The molecule has 0 saturated carbocycles. The molecule has 2 aromatic carbocycles. The SMILES string of the molecule is COC(=O)C(CCC(CO)c1ccc(C)cc1)c1ccccc1. The molecule has 2 aromatic rings. The Hall–Kier alpha value is -2.13. The minimum atomic E-state index is -0.291. The summed E-state index contributed by atoms with van der Waals surface area (Å²) in [6.45, 7) is 2.12. The molecule has 2 unspecified atom stereocenters. The molecule has 0 aromatic heterocycles. The number of rotatable bonds is 7. The quantitative estimate of drug-likeness (QED) is 0.791. The van der Waals surface area contributed by atoms with E-state index in [0.29, 0.717) is 6.42 Å². The Morgan fingerprint density at radius 1 is 1.00 bits per heavy atom. The number of esters is 1. The summed E-state index contributed by atoms with van der Waals surface area (Å²) in [4.78, 5) is 12.1. The van der Waals surface area contributed by atoms with E-state index in [9.17, 15) is 9.90 Å². The maximum Gasteiger partial charge on any atom is 0.313 e. The zero-order chi connectivity index (χ0) is 16.7. The first-order valence-electron chi connectivity index (χ1n) is 7.96. The second-order valence-electron chi connectivity index (χ2n) is 5.85. The number of carbonyl (C=O) groups is 1. The number of hydrogen-bond acceptors (Lipinski definition) is 3. The monoisotopic (exact) mass is 312 g/mol. The molecule has 0 bridgehead atoms. The number of hydrogen-bond donors (Lipinski definition) is 1. The van der Waals surface area contributed by atoms with Crippen LogP contribution in [0.4, 0.5) is 0 Å². The topological polar surface area (TPSA) is 46.5 Å². The van der Waals surface area contributed by atoms with Crippen LogP contribution in [0.25, 0.3) is 0 Å². The predicted molar refractivity (Wildman–Crippen MR) is 91.4 cm³/mol. The fourth-order valence-corrected chi connectivity index (χ4v) is 2.82. The van der Waals surface area contributed by atoms with Gasteiger partial charge in [-0.05, 0) is 30.9 Å². The van der Waals surface area contributed by atoms with Crippen LogP contribution in [0, 0.1) is 6.92 Å². The van der Waals surface area contributed by atoms with Gasteiger partial charge in [0.05, 0.1) is 13.0 Å². The van der Waals surface area contributed by atoms with Crippen molar-refractivity contribution in [1.29, 1.82) is 0 Å². The van der Waals surface area contributed by atoms with Crippen LogP contribution >= 0.6 is 0 Å². The van der Waals surface area contributed by atoms with Gasteiger partial charge in [0, 0.05) is 12.5 Å². The molecule has 2 rings (SSSR count). The third kappa shape index (κ3) is 4.67. The molecule has 0 aliphatic heterocycles. The largest absolute Gasteiger partial charge is 0.469 e. The van der Waals surface area contributed by atoms with E-state index < -0.39 is 0 Å². The number of aryl methyl sites for hydroxylation is 1. The molecule has 0 radical (unpaired) electrons. The fraction of sp³-hybridized carbons (Fsp3) is 0.350. The molecule has 0 aliphatic rings. The van der Waals surface area contributed by atoms with Gasteiger partial charge in [-0.15, -0.1) is 0 Å². The Morgan fingerprint density at radius 3 is 2.22 bits per heavy atom. The van der Waals surface area contributed by atoms with Crippen molar-refractivity contribution in [2.75, 3.05) is 13.7 Å². The van der Waals surface area contributed by atoms with Gasteiger partial charge in [-0.2, -0.15) is 0 Å². The molecule has 0 aliphatic carbocycles. The van der Waals surface area contributed by atoms with Crippen LogP contribution in [0.1, 0.15) is 41.4 Å². The van der Waals surface area contributed by atoms with Crippen molar-refractivity contribution in [2.45, 2.75) is 31.6 Å². The van der Waals surface area contributed by atoms with Crippen molar-refractivity contribution >= 4 is 5.97 Å². The summed E-state index contributed by atoms with van der Waals surface area (Å²) in [5.41, 5.74) is 3.26. The zero-order valence-electron chi connectivity index (χ0n) is 13.7. The summed E-state index contributed by atoms with van der Waals surface area (Å²) in [6.07, 6.45) is 1.38. The predicted octanol–water partition coefficient (Wildman–Crippen LogP) is 3.81. The highest BCUT2D eigenvalue weighted by Gasteiger charge is 2.23. The first-order chi connectivity index (χ1) is 11.2. The third-order valence-corrected chi connectivity index (χ3v) is 4.26. The van der Waals surface area contributed by atoms with Crippen molar-refractivity contribution in [3.8, 4) is 0 Å². The fourth-order valence-electron chi connectivity index (χ4n) is 2.82. The van der Waals surface area contributed by atoms with Crippen LogP contribution in [-0.4, -0.2) is 24.8 Å². The van der Waals surface area contributed by atoms with E-state index in [1.165, 1.54) is 12.7 Å². The number of ether oxygens (including phenoxy) is 1. The smallest absolute Gasteiger partial charge is 0.313 e. The highest BCUT2D eigenvalue weighted by Crippen LogP contribution is 2.29. The number of aliphatic hydroxyl groups is 1. The van der Waals surface area contributed by atoms with Gasteiger partial charge >= 0.3 is 5.97 Å².